The molecule has 4 rings (SSSR count). The van der Waals surface area contributed by atoms with Gasteiger partial charge in [-0.1, -0.05) is 22.0 Å². The summed E-state index contributed by atoms with van der Waals surface area (Å²) in [4.78, 5) is 25.6. The maximum Gasteiger partial charge on any atom is 0.277 e. The van der Waals surface area contributed by atoms with E-state index in [9.17, 15) is 9.59 Å². The van der Waals surface area contributed by atoms with Crippen LogP contribution < -0.4 is 15.6 Å². The van der Waals surface area contributed by atoms with Gasteiger partial charge in [0.25, 0.3) is 5.56 Å². The third-order valence-electron chi connectivity index (χ3n) is 5.52. The molecule has 2 aromatic carbocycles. The average molecular weight is 495 g/mol. The lowest BCUT2D eigenvalue weighted by atomic mass is 10.1. The van der Waals surface area contributed by atoms with Crippen molar-refractivity contribution in [2.24, 2.45) is 7.05 Å². The molecular weight excluding hydrogens is 472 g/mol. The third-order valence-corrected chi connectivity index (χ3v) is 6.01. The van der Waals surface area contributed by atoms with Gasteiger partial charge in [0.05, 0.1) is 12.8 Å². The summed E-state index contributed by atoms with van der Waals surface area (Å²) < 4.78 is 9.44. The minimum atomic E-state index is -0.203. The number of anilines is 1. The predicted octanol–water partition coefficient (Wildman–Crippen LogP) is 4.35. The van der Waals surface area contributed by atoms with Crippen molar-refractivity contribution in [1.29, 1.82) is 0 Å². The Morgan fingerprint density at radius 2 is 1.91 bits per heavy atom. The lowest BCUT2D eigenvalue weighted by Gasteiger charge is -2.12. The molecule has 0 aliphatic rings. The fraction of sp³-hybridized carbons (Fsp3) is 0.208. The molecule has 1 amide bonds. The third kappa shape index (κ3) is 4.31. The van der Waals surface area contributed by atoms with Gasteiger partial charge >= 0.3 is 0 Å². The van der Waals surface area contributed by atoms with E-state index in [1.165, 1.54) is 4.52 Å². The van der Waals surface area contributed by atoms with Crippen LogP contribution in [0.5, 0.6) is 5.75 Å². The molecule has 2 aromatic heterocycles. The van der Waals surface area contributed by atoms with E-state index < -0.39 is 0 Å². The Labute approximate surface area is 193 Å². The van der Waals surface area contributed by atoms with Crippen molar-refractivity contribution in [3.63, 3.8) is 0 Å². The minimum absolute atomic E-state index is 0.149. The number of benzene rings is 2. The van der Waals surface area contributed by atoms with E-state index in [1.807, 2.05) is 73.1 Å². The van der Waals surface area contributed by atoms with Gasteiger partial charge in [-0.25, -0.2) is 0 Å². The first-order valence-electron chi connectivity index (χ1n) is 10.2. The van der Waals surface area contributed by atoms with Gasteiger partial charge in [0, 0.05) is 46.5 Å². The highest BCUT2D eigenvalue weighted by atomic mass is 79.9. The molecule has 4 aromatic rings. The molecule has 32 heavy (non-hydrogen) atoms. The summed E-state index contributed by atoms with van der Waals surface area (Å²) >= 11 is 3.39. The number of rotatable bonds is 6. The smallest absolute Gasteiger partial charge is 0.277 e. The monoisotopic (exact) mass is 494 g/mol. The van der Waals surface area contributed by atoms with Crippen molar-refractivity contribution in [3.8, 4) is 17.0 Å². The van der Waals surface area contributed by atoms with E-state index in [0.29, 0.717) is 29.0 Å². The molecule has 8 heteroatoms. The highest BCUT2D eigenvalue weighted by molar-refractivity contribution is 9.10. The Bertz CT molecular complexity index is 1360. The highest BCUT2D eigenvalue weighted by Gasteiger charge is 2.17. The number of hydrogen-bond acceptors (Lipinski definition) is 4. The molecule has 0 unspecified atom stereocenters. The molecule has 0 spiro atoms. The molecule has 0 atom stereocenters. The summed E-state index contributed by atoms with van der Waals surface area (Å²) in [5.74, 6) is 0.607. The standard InChI is InChI=1S/C24H23BrN4O3/c1-15-20(11-12-22(30)26-18-6-4-5-17(25)13-18)24(31)29-23(28(15)2)14-21(27-29)16-7-9-19(32-3)10-8-16/h4-10,13-14H,11-12H2,1-3H3,(H,26,30). The first-order valence-corrected chi connectivity index (χ1v) is 10.9. The number of ether oxygens (including phenoxy) is 1. The Balaban J connectivity index is 1.60. The maximum atomic E-state index is 13.2. The summed E-state index contributed by atoms with van der Waals surface area (Å²) in [5.41, 5.74) is 4.19. The first-order chi connectivity index (χ1) is 15.4. The van der Waals surface area contributed by atoms with Gasteiger partial charge in [-0.2, -0.15) is 9.61 Å². The zero-order valence-corrected chi connectivity index (χ0v) is 19.6. The molecule has 0 aliphatic carbocycles. The van der Waals surface area contributed by atoms with Gasteiger partial charge in [-0.3, -0.25) is 9.59 Å². The van der Waals surface area contributed by atoms with Gasteiger partial charge in [0.15, 0.2) is 0 Å². The number of carbonyl (C=O) groups is 1. The van der Waals surface area contributed by atoms with Gasteiger partial charge in [0.1, 0.15) is 11.4 Å². The second kappa shape index (κ2) is 9.00. The quantitative estimate of drug-likeness (QED) is 0.432. The zero-order chi connectivity index (χ0) is 22.8. The lowest BCUT2D eigenvalue weighted by molar-refractivity contribution is -0.116. The van der Waals surface area contributed by atoms with E-state index in [1.54, 1.807) is 7.11 Å². The zero-order valence-electron chi connectivity index (χ0n) is 18.1. The molecular formula is C24H23BrN4O3. The molecule has 0 radical (unpaired) electrons. The number of carbonyl (C=O) groups excluding carboxylic acids is 1. The fourth-order valence-corrected chi connectivity index (χ4v) is 4.03. The van der Waals surface area contributed by atoms with E-state index in [2.05, 4.69) is 26.3 Å². The van der Waals surface area contributed by atoms with Crippen LogP contribution in [0.1, 0.15) is 17.7 Å². The topological polar surface area (TPSA) is 77.6 Å². The predicted molar refractivity (Wildman–Crippen MR) is 128 cm³/mol. The summed E-state index contributed by atoms with van der Waals surface area (Å²) in [7, 11) is 3.52. The number of methoxy groups -OCH3 is 1. The lowest BCUT2D eigenvalue weighted by Crippen LogP contribution is -2.26. The second-order valence-electron chi connectivity index (χ2n) is 7.51. The number of halogens is 1. The summed E-state index contributed by atoms with van der Waals surface area (Å²) in [6, 6.07) is 16.8. The van der Waals surface area contributed by atoms with Crippen LogP contribution in [0.4, 0.5) is 5.69 Å². The summed E-state index contributed by atoms with van der Waals surface area (Å²) in [5, 5.41) is 7.41. The number of nitrogens with zero attached hydrogens (tertiary/aromatic N) is 3. The second-order valence-corrected chi connectivity index (χ2v) is 8.43. The van der Waals surface area contributed by atoms with E-state index in [4.69, 9.17) is 4.74 Å². The van der Waals surface area contributed by atoms with Gasteiger partial charge < -0.3 is 14.6 Å². The van der Waals surface area contributed by atoms with Crippen LogP contribution in [0, 0.1) is 6.92 Å². The number of hydrogen-bond donors (Lipinski definition) is 1. The van der Waals surface area contributed by atoms with Crippen LogP contribution in [-0.2, 0) is 18.3 Å². The summed E-state index contributed by atoms with van der Waals surface area (Å²) in [6.07, 6.45) is 0.521. The van der Waals surface area contributed by atoms with E-state index >= 15 is 0 Å². The molecule has 0 fully saturated rings. The molecule has 0 saturated carbocycles. The van der Waals surface area contributed by atoms with Crippen molar-refractivity contribution in [3.05, 3.63) is 80.7 Å². The molecule has 2 heterocycles. The van der Waals surface area contributed by atoms with Gasteiger partial charge in [-0.15, -0.1) is 0 Å². The van der Waals surface area contributed by atoms with Gasteiger partial charge in [0.2, 0.25) is 5.91 Å². The summed E-state index contributed by atoms with van der Waals surface area (Å²) in [6.45, 7) is 1.89. The highest BCUT2D eigenvalue weighted by Crippen LogP contribution is 2.23. The number of aryl methyl sites for hydroxylation is 1. The average Bonchev–Trinajstić information content (AvgIpc) is 3.23. The normalized spacial score (nSPS) is 11.0. The van der Waals surface area contributed by atoms with Crippen LogP contribution in [-0.4, -0.2) is 27.2 Å². The number of aromatic nitrogens is 3. The first kappa shape index (κ1) is 21.8. The Hall–Kier alpha value is -3.39. The van der Waals surface area contributed by atoms with Gasteiger partial charge in [-0.05, 0) is 55.8 Å². The van der Waals surface area contributed by atoms with Crippen LogP contribution in [0.3, 0.4) is 0 Å². The fourth-order valence-electron chi connectivity index (χ4n) is 3.64. The van der Waals surface area contributed by atoms with E-state index in [-0.39, 0.29) is 17.9 Å². The Morgan fingerprint density at radius 3 is 2.59 bits per heavy atom. The molecule has 7 nitrogen and oxygen atoms in total. The van der Waals surface area contributed by atoms with Crippen LogP contribution in [0.25, 0.3) is 16.9 Å². The molecule has 164 valence electrons. The molecule has 0 bridgehead atoms. The number of fused-ring (bicyclic) bond motifs is 1. The maximum absolute atomic E-state index is 13.2. The van der Waals surface area contributed by atoms with Crippen LogP contribution in [0.2, 0.25) is 0 Å². The molecule has 0 aliphatic heterocycles. The number of nitrogens with one attached hydrogen (secondary N) is 1. The number of amides is 1. The largest absolute Gasteiger partial charge is 0.497 e. The Kier molecular flexibility index (Phi) is 6.14. The SMILES string of the molecule is COc1ccc(-c2cc3n(C)c(C)c(CCC(=O)Nc4cccc(Br)c4)c(=O)n3n2)cc1. The van der Waals surface area contributed by atoms with Crippen molar-refractivity contribution >= 4 is 33.2 Å². The molecule has 0 saturated heterocycles. The van der Waals surface area contributed by atoms with Crippen LogP contribution in [0.15, 0.2) is 63.9 Å². The Morgan fingerprint density at radius 1 is 1.16 bits per heavy atom. The van der Waals surface area contributed by atoms with Crippen LogP contribution >= 0.6 is 15.9 Å². The molecule has 1 N–H and O–H groups in total. The van der Waals surface area contributed by atoms with Crippen molar-refractivity contribution in [2.45, 2.75) is 19.8 Å². The minimum Gasteiger partial charge on any atom is -0.497 e. The van der Waals surface area contributed by atoms with Crippen molar-refractivity contribution < 1.29 is 9.53 Å². The van der Waals surface area contributed by atoms with Crippen molar-refractivity contribution in [1.82, 2.24) is 14.2 Å². The van der Waals surface area contributed by atoms with Crippen molar-refractivity contribution in [2.75, 3.05) is 12.4 Å². The van der Waals surface area contributed by atoms with E-state index in [0.717, 1.165) is 21.5 Å².